The van der Waals surface area contributed by atoms with Crippen LogP contribution in [0.2, 0.25) is 0 Å². The van der Waals surface area contributed by atoms with E-state index in [9.17, 15) is 4.79 Å². The molecule has 2 aromatic rings. The summed E-state index contributed by atoms with van der Waals surface area (Å²) in [4.78, 5) is 11.8. The fraction of sp³-hybridized carbons (Fsp3) is 0.214. The van der Waals surface area contributed by atoms with E-state index in [0.29, 0.717) is 6.42 Å². The molecule has 0 aliphatic carbocycles. The van der Waals surface area contributed by atoms with Crippen LogP contribution in [0.25, 0.3) is 10.8 Å². The molecule has 2 nitrogen and oxygen atoms in total. The summed E-state index contributed by atoms with van der Waals surface area (Å²) in [5, 5.41) is 2.04. The molecule has 0 unspecified atom stereocenters. The number of methoxy groups -OCH3 is 1. The van der Waals surface area contributed by atoms with E-state index in [1.54, 1.807) is 7.11 Å². The summed E-state index contributed by atoms with van der Waals surface area (Å²) in [5.41, 5.74) is 0.794. The molecule has 0 atom stereocenters. The van der Waals surface area contributed by atoms with Crippen molar-refractivity contribution in [1.29, 1.82) is 0 Å². The minimum absolute atomic E-state index is 0.177. The summed E-state index contributed by atoms with van der Waals surface area (Å²) in [6, 6.07) is 11.5. The normalized spacial score (nSPS) is 10.4. The van der Waals surface area contributed by atoms with Crippen LogP contribution in [-0.2, 0) is 0 Å². The summed E-state index contributed by atoms with van der Waals surface area (Å²) >= 11 is 0. The lowest BCUT2D eigenvalue weighted by atomic mass is 10.00. The molecule has 0 aliphatic rings. The number of carbonyl (C=O) groups is 1. The second kappa shape index (κ2) is 4.35. The number of rotatable bonds is 3. The first-order chi connectivity index (χ1) is 7.76. The van der Waals surface area contributed by atoms with E-state index in [0.717, 1.165) is 22.1 Å². The maximum absolute atomic E-state index is 11.8. The van der Waals surface area contributed by atoms with Gasteiger partial charge in [-0.25, -0.2) is 0 Å². The third-order valence-electron chi connectivity index (χ3n) is 2.71. The Morgan fingerprint density at radius 3 is 2.75 bits per heavy atom. The van der Waals surface area contributed by atoms with Crippen LogP contribution in [-0.4, -0.2) is 12.9 Å². The third kappa shape index (κ3) is 1.78. The lowest BCUT2D eigenvalue weighted by molar-refractivity contribution is 0.0990. The number of Topliss-reactive ketones (excluding diaryl/α,β-unsaturated/α-hetero) is 1. The molecule has 0 aliphatic heterocycles. The van der Waals surface area contributed by atoms with Gasteiger partial charge >= 0.3 is 0 Å². The Morgan fingerprint density at radius 1 is 1.25 bits per heavy atom. The largest absolute Gasteiger partial charge is 0.497 e. The van der Waals surface area contributed by atoms with Gasteiger partial charge in [0.25, 0.3) is 0 Å². The molecule has 0 heterocycles. The minimum Gasteiger partial charge on any atom is -0.497 e. The predicted octanol–water partition coefficient (Wildman–Crippen LogP) is 3.44. The minimum atomic E-state index is 0.177. The first-order valence-electron chi connectivity index (χ1n) is 5.36. The predicted molar refractivity (Wildman–Crippen MR) is 65.1 cm³/mol. The first kappa shape index (κ1) is 10.7. The molecule has 0 spiro atoms. The molecule has 0 aromatic heterocycles. The quantitative estimate of drug-likeness (QED) is 0.731. The molecule has 0 amide bonds. The maximum atomic E-state index is 11.8. The van der Waals surface area contributed by atoms with E-state index in [1.165, 1.54) is 0 Å². The van der Waals surface area contributed by atoms with Crippen molar-refractivity contribution in [3.05, 3.63) is 42.0 Å². The number of hydrogen-bond acceptors (Lipinski definition) is 2. The monoisotopic (exact) mass is 214 g/mol. The van der Waals surface area contributed by atoms with Crippen LogP contribution in [0.5, 0.6) is 5.75 Å². The summed E-state index contributed by atoms with van der Waals surface area (Å²) in [5.74, 6) is 0.990. The number of hydrogen-bond donors (Lipinski definition) is 0. The van der Waals surface area contributed by atoms with Crippen LogP contribution in [0.15, 0.2) is 36.4 Å². The zero-order valence-electron chi connectivity index (χ0n) is 9.49. The Labute approximate surface area is 94.8 Å². The van der Waals surface area contributed by atoms with Gasteiger partial charge in [0.15, 0.2) is 5.78 Å². The molecule has 2 aromatic carbocycles. The Morgan fingerprint density at radius 2 is 2.06 bits per heavy atom. The summed E-state index contributed by atoms with van der Waals surface area (Å²) < 4.78 is 5.16. The van der Waals surface area contributed by atoms with Crippen molar-refractivity contribution in [3.63, 3.8) is 0 Å². The molecule has 2 heteroatoms. The molecule has 0 fully saturated rings. The number of ketones is 1. The van der Waals surface area contributed by atoms with Crippen LogP contribution >= 0.6 is 0 Å². The Kier molecular flexibility index (Phi) is 2.91. The van der Waals surface area contributed by atoms with Gasteiger partial charge in [-0.05, 0) is 29.0 Å². The fourth-order valence-electron chi connectivity index (χ4n) is 1.82. The van der Waals surface area contributed by atoms with E-state index in [2.05, 4.69) is 0 Å². The van der Waals surface area contributed by atoms with Crippen molar-refractivity contribution in [2.24, 2.45) is 0 Å². The second-order valence-electron chi connectivity index (χ2n) is 3.67. The topological polar surface area (TPSA) is 26.3 Å². The van der Waals surface area contributed by atoms with Crippen molar-refractivity contribution >= 4 is 16.6 Å². The van der Waals surface area contributed by atoms with Crippen LogP contribution < -0.4 is 4.74 Å². The van der Waals surface area contributed by atoms with E-state index in [1.807, 2.05) is 43.3 Å². The highest BCUT2D eigenvalue weighted by Gasteiger charge is 2.07. The molecular formula is C14H14O2. The Bertz CT molecular complexity index is 529. The molecular weight excluding hydrogens is 200 g/mol. The summed E-state index contributed by atoms with van der Waals surface area (Å²) in [7, 11) is 1.64. The Hall–Kier alpha value is -1.83. The van der Waals surface area contributed by atoms with Crippen LogP contribution in [0.1, 0.15) is 23.7 Å². The highest BCUT2D eigenvalue weighted by atomic mass is 16.5. The van der Waals surface area contributed by atoms with E-state index < -0.39 is 0 Å². The molecule has 0 radical (unpaired) electrons. The van der Waals surface area contributed by atoms with E-state index >= 15 is 0 Å². The van der Waals surface area contributed by atoms with Gasteiger partial charge in [0, 0.05) is 12.0 Å². The smallest absolute Gasteiger partial charge is 0.163 e. The van der Waals surface area contributed by atoms with Gasteiger partial charge in [0.2, 0.25) is 0 Å². The van der Waals surface area contributed by atoms with Gasteiger partial charge in [0.05, 0.1) is 7.11 Å². The van der Waals surface area contributed by atoms with Gasteiger partial charge in [0.1, 0.15) is 5.75 Å². The Balaban J connectivity index is 2.65. The zero-order valence-corrected chi connectivity index (χ0v) is 9.49. The number of ether oxygens (including phenoxy) is 1. The van der Waals surface area contributed by atoms with Gasteiger partial charge in [-0.3, -0.25) is 4.79 Å². The average Bonchev–Trinajstić information content (AvgIpc) is 2.36. The van der Waals surface area contributed by atoms with E-state index in [-0.39, 0.29) is 5.78 Å². The van der Waals surface area contributed by atoms with E-state index in [4.69, 9.17) is 4.74 Å². The maximum Gasteiger partial charge on any atom is 0.163 e. The molecule has 0 bridgehead atoms. The number of benzene rings is 2. The molecule has 2 rings (SSSR count). The molecule has 0 N–H and O–H groups in total. The zero-order chi connectivity index (χ0) is 11.5. The lowest BCUT2D eigenvalue weighted by Crippen LogP contribution is -1.97. The van der Waals surface area contributed by atoms with Crippen molar-refractivity contribution in [3.8, 4) is 5.75 Å². The first-order valence-corrected chi connectivity index (χ1v) is 5.36. The highest BCUT2D eigenvalue weighted by Crippen LogP contribution is 2.24. The van der Waals surface area contributed by atoms with Crippen molar-refractivity contribution in [1.82, 2.24) is 0 Å². The van der Waals surface area contributed by atoms with Crippen LogP contribution in [0.4, 0.5) is 0 Å². The van der Waals surface area contributed by atoms with Crippen molar-refractivity contribution in [2.75, 3.05) is 7.11 Å². The average molecular weight is 214 g/mol. The summed E-state index contributed by atoms with van der Waals surface area (Å²) in [6.07, 6.45) is 0.533. The molecule has 0 saturated heterocycles. The fourth-order valence-corrected chi connectivity index (χ4v) is 1.82. The lowest BCUT2D eigenvalue weighted by Gasteiger charge is -2.06. The molecule has 0 saturated carbocycles. The summed E-state index contributed by atoms with van der Waals surface area (Å²) in [6.45, 7) is 1.88. The van der Waals surface area contributed by atoms with Gasteiger partial charge in [-0.1, -0.05) is 25.1 Å². The van der Waals surface area contributed by atoms with Gasteiger partial charge < -0.3 is 4.74 Å². The van der Waals surface area contributed by atoms with Gasteiger partial charge in [-0.2, -0.15) is 0 Å². The second-order valence-corrected chi connectivity index (χ2v) is 3.67. The van der Waals surface area contributed by atoms with Gasteiger partial charge in [-0.15, -0.1) is 0 Å². The third-order valence-corrected chi connectivity index (χ3v) is 2.71. The SMILES string of the molecule is CCC(=O)c1cccc2cc(OC)ccc12. The van der Waals surface area contributed by atoms with Crippen molar-refractivity contribution < 1.29 is 9.53 Å². The van der Waals surface area contributed by atoms with Crippen LogP contribution in [0, 0.1) is 0 Å². The molecule has 82 valence electrons. The van der Waals surface area contributed by atoms with Crippen molar-refractivity contribution in [2.45, 2.75) is 13.3 Å². The number of carbonyl (C=O) groups excluding carboxylic acids is 1. The number of fused-ring (bicyclic) bond motifs is 1. The standard InChI is InChI=1S/C14H14O2/c1-3-14(15)13-6-4-5-10-9-11(16-2)7-8-12(10)13/h4-9H,3H2,1-2H3. The van der Waals surface area contributed by atoms with Crippen LogP contribution in [0.3, 0.4) is 0 Å². The molecule has 16 heavy (non-hydrogen) atoms. The highest BCUT2D eigenvalue weighted by molar-refractivity contribution is 6.08.